The lowest BCUT2D eigenvalue weighted by atomic mass is 9.78. The summed E-state index contributed by atoms with van der Waals surface area (Å²) < 4.78 is 52.1. The zero-order chi connectivity index (χ0) is 30.3. The number of halogens is 6. The van der Waals surface area contributed by atoms with E-state index in [-0.39, 0.29) is 27.8 Å². The highest BCUT2D eigenvalue weighted by molar-refractivity contribution is 14.1. The maximum absolute atomic E-state index is 14.9. The van der Waals surface area contributed by atoms with Crippen molar-refractivity contribution in [2.75, 3.05) is 24.5 Å². The van der Waals surface area contributed by atoms with E-state index in [0.717, 1.165) is 32.0 Å². The number of carbonyl (C=O) groups excluding carboxylic acids is 1. The molecule has 2 aliphatic rings. The van der Waals surface area contributed by atoms with Gasteiger partial charge in [-0.3, -0.25) is 4.79 Å². The number of hydrogen-bond acceptors (Lipinski definition) is 3. The van der Waals surface area contributed by atoms with Crippen LogP contribution in [0.2, 0.25) is 28.2 Å². The van der Waals surface area contributed by atoms with Crippen LogP contribution in [0.4, 0.5) is 18.9 Å². The fourth-order valence-corrected chi connectivity index (χ4v) is 10.6. The second-order valence-electron chi connectivity index (χ2n) is 11.1. The highest BCUT2D eigenvalue weighted by atomic mass is 127. The summed E-state index contributed by atoms with van der Waals surface area (Å²) in [5.41, 5.74) is -2.56. The summed E-state index contributed by atoms with van der Waals surface area (Å²) in [5.74, 6) is -0.325. The normalized spacial score (nSPS) is 22.8. The molecule has 0 bridgehead atoms. The monoisotopic (exact) mass is 740 g/mol. The molecule has 1 aliphatic heterocycles. The lowest BCUT2D eigenvalue weighted by Crippen LogP contribution is -2.54. The molecule has 1 amide bonds. The minimum Gasteiger partial charge on any atom is -0.396 e. The predicted molar refractivity (Wildman–Crippen MR) is 171 cm³/mol. The summed E-state index contributed by atoms with van der Waals surface area (Å²) in [6, 6.07) is 9.77. The average molecular weight is 742 g/mol. The van der Waals surface area contributed by atoms with Crippen LogP contribution in [0.3, 0.4) is 0 Å². The third-order valence-corrected chi connectivity index (χ3v) is 14.9. The van der Waals surface area contributed by atoms with Gasteiger partial charge in [0, 0.05) is 37.3 Å². The Morgan fingerprint density at radius 1 is 1.05 bits per heavy atom. The van der Waals surface area contributed by atoms with Crippen molar-refractivity contribution in [2.24, 2.45) is 5.92 Å². The first-order valence-electron chi connectivity index (χ1n) is 14.4. The Bertz CT molecular complexity index is 1270. The smallest absolute Gasteiger partial charge is 0.396 e. The summed E-state index contributed by atoms with van der Waals surface area (Å²) in [5, 5.41) is 0.443. The van der Waals surface area contributed by atoms with E-state index < -0.39 is 31.6 Å². The number of anilines is 1. The van der Waals surface area contributed by atoms with Crippen LogP contribution in [-0.4, -0.2) is 44.8 Å². The van der Waals surface area contributed by atoms with Crippen LogP contribution in [0.5, 0.6) is 0 Å². The van der Waals surface area contributed by atoms with E-state index in [4.69, 9.17) is 27.6 Å². The molecule has 2 aromatic carbocycles. The maximum Gasteiger partial charge on any atom is 0.416 e. The van der Waals surface area contributed by atoms with E-state index in [1.54, 1.807) is 23.1 Å². The molecule has 0 aromatic heterocycles. The predicted octanol–water partition coefficient (Wildman–Crippen LogP) is 9.35. The van der Waals surface area contributed by atoms with Gasteiger partial charge in [0.05, 0.1) is 11.3 Å². The molecule has 4 rings (SSSR count). The SMILES string of the molecule is CCN(CC)[C@H]1C[C@H](CN2C(=O)C(O[Si](CC)(CC)CC)(c3ccc(Cl)cc3Cl)c3c2cc(I)cc3C(F)(F)F)C1. The fourth-order valence-electron chi connectivity index (χ4n) is 6.60. The molecule has 1 unspecified atom stereocenters. The van der Waals surface area contributed by atoms with Crippen LogP contribution in [0.15, 0.2) is 30.3 Å². The van der Waals surface area contributed by atoms with Crippen molar-refractivity contribution in [3.8, 4) is 0 Å². The van der Waals surface area contributed by atoms with Gasteiger partial charge in [-0.25, -0.2) is 0 Å². The fraction of sp³-hybridized carbons (Fsp3) is 0.567. The Kier molecular flexibility index (Phi) is 10.2. The van der Waals surface area contributed by atoms with Crippen LogP contribution >= 0.6 is 45.8 Å². The van der Waals surface area contributed by atoms with E-state index in [1.807, 2.05) is 43.4 Å². The van der Waals surface area contributed by atoms with Gasteiger partial charge in [-0.1, -0.05) is 63.9 Å². The Labute approximate surface area is 266 Å². The molecule has 1 saturated carbocycles. The molecule has 2 aromatic rings. The molecule has 4 nitrogen and oxygen atoms in total. The van der Waals surface area contributed by atoms with Gasteiger partial charge in [0.25, 0.3) is 5.91 Å². The first-order chi connectivity index (χ1) is 19.3. The van der Waals surface area contributed by atoms with Gasteiger partial charge >= 0.3 is 6.18 Å². The summed E-state index contributed by atoms with van der Waals surface area (Å²) >= 11 is 14.9. The number of hydrogen-bond donors (Lipinski definition) is 0. The molecule has 0 spiro atoms. The second-order valence-corrected chi connectivity index (χ2v) is 17.9. The quantitative estimate of drug-likeness (QED) is 0.170. The minimum atomic E-state index is -4.71. The number of carbonyl (C=O) groups is 1. The van der Waals surface area contributed by atoms with E-state index in [2.05, 4.69) is 18.7 Å². The molecule has 0 N–H and O–H groups in total. The Morgan fingerprint density at radius 2 is 1.66 bits per heavy atom. The second kappa shape index (κ2) is 12.6. The zero-order valence-corrected chi connectivity index (χ0v) is 28.8. The largest absolute Gasteiger partial charge is 0.416 e. The molecule has 11 heteroatoms. The molecular weight excluding hydrogens is 703 g/mol. The van der Waals surface area contributed by atoms with Gasteiger partial charge < -0.3 is 14.2 Å². The van der Waals surface area contributed by atoms with Crippen LogP contribution < -0.4 is 4.90 Å². The van der Waals surface area contributed by atoms with Crippen molar-refractivity contribution in [3.05, 3.63) is 60.6 Å². The van der Waals surface area contributed by atoms with Crippen LogP contribution in [0.1, 0.15) is 64.2 Å². The lowest BCUT2D eigenvalue weighted by molar-refractivity contribution is -0.141. The number of alkyl halides is 3. The summed E-state index contributed by atoms with van der Waals surface area (Å²) in [7, 11) is -2.69. The highest BCUT2D eigenvalue weighted by Crippen LogP contribution is 2.56. The van der Waals surface area contributed by atoms with Gasteiger partial charge in [0.2, 0.25) is 0 Å². The summed E-state index contributed by atoms with van der Waals surface area (Å²) in [6.45, 7) is 12.5. The number of fused-ring (bicyclic) bond motifs is 1. The zero-order valence-electron chi connectivity index (χ0n) is 24.2. The third-order valence-electron chi connectivity index (χ3n) is 9.17. The highest BCUT2D eigenvalue weighted by Gasteiger charge is 2.61. The molecule has 41 heavy (non-hydrogen) atoms. The molecule has 0 radical (unpaired) electrons. The maximum atomic E-state index is 14.9. The van der Waals surface area contributed by atoms with E-state index >= 15 is 0 Å². The topological polar surface area (TPSA) is 32.8 Å². The van der Waals surface area contributed by atoms with Gasteiger partial charge in [0.15, 0.2) is 13.9 Å². The Hall–Kier alpha value is -0.853. The van der Waals surface area contributed by atoms with Gasteiger partial charge in [-0.05, 0) is 96.8 Å². The van der Waals surface area contributed by atoms with Crippen molar-refractivity contribution < 1.29 is 22.4 Å². The van der Waals surface area contributed by atoms with E-state index in [0.29, 0.717) is 39.3 Å². The molecular formula is C30H38Cl2F3IN2O2Si. The molecule has 1 fully saturated rings. The Morgan fingerprint density at radius 3 is 2.17 bits per heavy atom. The van der Waals surface area contributed by atoms with Crippen molar-refractivity contribution >= 4 is 65.7 Å². The van der Waals surface area contributed by atoms with E-state index in [1.165, 1.54) is 6.07 Å². The van der Waals surface area contributed by atoms with Crippen LogP contribution in [-0.2, 0) is 21.0 Å². The van der Waals surface area contributed by atoms with Gasteiger partial charge in [-0.15, -0.1) is 0 Å². The number of nitrogens with zero attached hydrogens (tertiary/aromatic N) is 2. The van der Waals surface area contributed by atoms with E-state index in [9.17, 15) is 18.0 Å². The molecule has 226 valence electrons. The summed E-state index contributed by atoms with van der Waals surface area (Å²) in [4.78, 5) is 18.8. The minimum absolute atomic E-state index is 0.113. The first-order valence-corrected chi connectivity index (χ1v) is 18.8. The number of benzene rings is 2. The summed E-state index contributed by atoms with van der Waals surface area (Å²) in [6.07, 6.45) is -2.93. The molecule has 1 atom stereocenters. The third kappa shape index (κ3) is 5.97. The Balaban J connectivity index is 1.97. The number of amides is 1. The van der Waals surface area contributed by atoms with Crippen molar-refractivity contribution in [1.29, 1.82) is 0 Å². The standard InChI is InChI=1S/C30H38Cl2F3IN2O2Si/c1-6-37(7-2)22-13-19(14-22)18-38-26-17-21(36)16-24(30(33,34)35)27(26)29(28(38)39,40-41(8-3,9-4)10-5)23-12-11-20(31)15-25(23)32/h11-12,15-17,19,22H,6-10,13-14,18H2,1-5H3/t19-,22-,29?. The van der Waals surface area contributed by atoms with Crippen molar-refractivity contribution in [1.82, 2.24) is 4.90 Å². The molecule has 0 saturated heterocycles. The van der Waals surface area contributed by atoms with Crippen molar-refractivity contribution in [3.63, 3.8) is 0 Å². The van der Waals surface area contributed by atoms with Gasteiger partial charge in [-0.2, -0.15) is 13.2 Å². The lowest BCUT2D eigenvalue weighted by Gasteiger charge is -2.44. The molecule has 1 heterocycles. The average Bonchev–Trinajstić information content (AvgIpc) is 3.12. The first kappa shape index (κ1) is 33.0. The van der Waals surface area contributed by atoms with Gasteiger partial charge in [0.1, 0.15) is 0 Å². The number of rotatable bonds is 11. The van der Waals surface area contributed by atoms with Crippen molar-refractivity contribution in [2.45, 2.75) is 83.4 Å². The molecule has 1 aliphatic carbocycles. The van der Waals surface area contributed by atoms with Crippen LogP contribution in [0.25, 0.3) is 0 Å². The van der Waals surface area contributed by atoms with Crippen LogP contribution in [0, 0.1) is 9.49 Å².